The van der Waals surface area contributed by atoms with Crippen LogP contribution >= 0.6 is 22.9 Å². The van der Waals surface area contributed by atoms with E-state index in [0.717, 1.165) is 23.3 Å². The predicted molar refractivity (Wildman–Crippen MR) is 86.7 cm³/mol. The second kappa shape index (κ2) is 5.78. The molecule has 2 aromatic heterocycles. The first-order valence-corrected chi connectivity index (χ1v) is 8.28. The van der Waals surface area contributed by atoms with Crippen LogP contribution in [-0.2, 0) is 0 Å². The summed E-state index contributed by atoms with van der Waals surface area (Å²) in [5.74, 6) is 0.538. The molecule has 21 heavy (non-hydrogen) atoms. The lowest BCUT2D eigenvalue weighted by Gasteiger charge is -2.20. The molecule has 0 aliphatic carbocycles. The minimum atomic E-state index is -0.251. The average Bonchev–Trinajstić information content (AvgIpc) is 3.08. The van der Waals surface area contributed by atoms with Crippen molar-refractivity contribution in [3.63, 3.8) is 0 Å². The van der Waals surface area contributed by atoms with E-state index < -0.39 is 0 Å². The van der Waals surface area contributed by atoms with E-state index in [9.17, 15) is 4.39 Å². The lowest BCUT2D eigenvalue weighted by molar-refractivity contribution is 0.561. The first kappa shape index (κ1) is 14.5. The van der Waals surface area contributed by atoms with Crippen LogP contribution in [0, 0.1) is 5.82 Å². The third-order valence-corrected chi connectivity index (χ3v) is 4.77. The van der Waals surface area contributed by atoms with Crippen LogP contribution < -0.4 is 0 Å². The van der Waals surface area contributed by atoms with Gasteiger partial charge in [-0.1, -0.05) is 13.0 Å². The van der Waals surface area contributed by atoms with Crippen LogP contribution in [0.3, 0.4) is 0 Å². The zero-order valence-electron chi connectivity index (χ0n) is 11.9. The lowest BCUT2D eigenvalue weighted by atomic mass is 10.1. The van der Waals surface area contributed by atoms with Crippen molar-refractivity contribution >= 4 is 34.0 Å². The van der Waals surface area contributed by atoms with E-state index in [0.29, 0.717) is 0 Å². The molecule has 0 spiro atoms. The molecule has 0 fully saturated rings. The number of alkyl halides is 1. The maximum Gasteiger partial charge on any atom is 0.128 e. The molecule has 2 heterocycles. The van der Waals surface area contributed by atoms with E-state index in [1.807, 2.05) is 13.0 Å². The summed E-state index contributed by atoms with van der Waals surface area (Å²) in [5.41, 5.74) is 1.59. The second-order valence-electron chi connectivity index (χ2n) is 5.03. The fraction of sp³-hybridized carbons (Fsp3) is 0.312. The SMILES string of the molecule is CCC(c1cccs1)n1c(C(C)Cl)nc2ccc(F)cc21. The average molecular weight is 323 g/mol. The molecule has 0 aliphatic heterocycles. The van der Waals surface area contributed by atoms with E-state index in [-0.39, 0.29) is 17.2 Å². The molecule has 0 radical (unpaired) electrons. The molecular weight excluding hydrogens is 307 g/mol. The molecule has 0 aliphatic rings. The summed E-state index contributed by atoms with van der Waals surface area (Å²) in [6.45, 7) is 4.02. The van der Waals surface area contributed by atoms with Crippen LogP contribution in [0.25, 0.3) is 11.0 Å². The molecule has 110 valence electrons. The molecule has 0 saturated heterocycles. The molecule has 0 bridgehead atoms. The quantitative estimate of drug-likeness (QED) is 0.577. The number of thiophene rings is 1. The molecule has 0 N–H and O–H groups in total. The fourth-order valence-electron chi connectivity index (χ4n) is 2.68. The number of imidazole rings is 1. The highest BCUT2D eigenvalue weighted by Gasteiger charge is 2.22. The fourth-order valence-corrected chi connectivity index (χ4v) is 3.74. The Bertz CT molecular complexity index is 749. The Morgan fingerprint density at radius 1 is 1.38 bits per heavy atom. The number of rotatable bonds is 4. The number of aromatic nitrogens is 2. The van der Waals surface area contributed by atoms with Crippen molar-refractivity contribution in [1.82, 2.24) is 9.55 Å². The van der Waals surface area contributed by atoms with Crippen LogP contribution in [0.5, 0.6) is 0 Å². The van der Waals surface area contributed by atoms with E-state index in [4.69, 9.17) is 11.6 Å². The Morgan fingerprint density at radius 2 is 2.19 bits per heavy atom. The van der Waals surface area contributed by atoms with E-state index >= 15 is 0 Å². The molecule has 3 aromatic rings. The van der Waals surface area contributed by atoms with Crippen molar-refractivity contribution in [2.45, 2.75) is 31.7 Å². The number of hydrogen-bond acceptors (Lipinski definition) is 2. The van der Waals surface area contributed by atoms with Gasteiger partial charge in [-0.15, -0.1) is 22.9 Å². The summed E-state index contributed by atoms with van der Waals surface area (Å²) < 4.78 is 15.8. The zero-order valence-corrected chi connectivity index (χ0v) is 13.5. The van der Waals surface area contributed by atoms with Gasteiger partial charge in [0.1, 0.15) is 11.6 Å². The highest BCUT2D eigenvalue weighted by Crippen LogP contribution is 2.34. The second-order valence-corrected chi connectivity index (χ2v) is 6.66. The first-order chi connectivity index (χ1) is 10.1. The normalized spacial score (nSPS) is 14.5. The Morgan fingerprint density at radius 3 is 2.81 bits per heavy atom. The summed E-state index contributed by atoms with van der Waals surface area (Å²) in [4.78, 5) is 5.84. The summed E-state index contributed by atoms with van der Waals surface area (Å²) >= 11 is 8.01. The molecule has 0 amide bonds. The minimum Gasteiger partial charge on any atom is -0.318 e. The molecule has 0 saturated carbocycles. The van der Waals surface area contributed by atoms with Gasteiger partial charge in [-0.3, -0.25) is 0 Å². The molecule has 3 rings (SSSR count). The number of benzene rings is 1. The molecule has 2 nitrogen and oxygen atoms in total. The van der Waals surface area contributed by atoms with Crippen molar-refractivity contribution in [1.29, 1.82) is 0 Å². The molecule has 2 atom stereocenters. The van der Waals surface area contributed by atoms with Gasteiger partial charge in [0.2, 0.25) is 0 Å². The third-order valence-electron chi connectivity index (χ3n) is 3.60. The monoisotopic (exact) mass is 322 g/mol. The van der Waals surface area contributed by atoms with Gasteiger partial charge >= 0.3 is 0 Å². The lowest BCUT2D eigenvalue weighted by Crippen LogP contribution is -2.12. The summed E-state index contributed by atoms with van der Waals surface area (Å²) in [5, 5.41) is 1.83. The number of hydrogen-bond donors (Lipinski definition) is 0. The Balaban J connectivity index is 2.27. The molecule has 1 aromatic carbocycles. The van der Waals surface area contributed by atoms with E-state index in [1.165, 1.54) is 10.9 Å². The largest absolute Gasteiger partial charge is 0.318 e. The van der Waals surface area contributed by atoms with Gasteiger partial charge in [0, 0.05) is 4.88 Å². The topological polar surface area (TPSA) is 17.8 Å². The predicted octanol–water partition coefficient (Wildman–Crippen LogP) is 5.54. The van der Waals surface area contributed by atoms with E-state index in [2.05, 4.69) is 27.9 Å². The van der Waals surface area contributed by atoms with Crippen LogP contribution in [-0.4, -0.2) is 9.55 Å². The molecule has 5 heteroatoms. The van der Waals surface area contributed by atoms with Gasteiger partial charge in [-0.2, -0.15) is 0 Å². The number of halogens is 2. The summed E-state index contributed by atoms with van der Waals surface area (Å²) in [6.07, 6.45) is 0.902. The Labute approximate surface area is 132 Å². The summed E-state index contributed by atoms with van der Waals surface area (Å²) in [7, 11) is 0. The first-order valence-electron chi connectivity index (χ1n) is 6.96. The van der Waals surface area contributed by atoms with Gasteiger partial charge < -0.3 is 4.57 Å². The van der Waals surface area contributed by atoms with Gasteiger partial charge in [-0.05, 0) is 43.0 Å². The minimum absolute atomic E-state index is 0.132. The van der Waals surface area contributed by atoms with Crippen LogP contribution in [0.2, 0.25) is 0 Å². The maximum atomic E-state index is 13.7. The van der Waals surface area contributed by atoms with Crippen molar-refractivity contribution in [3.05, 3.63) is 52.2 Å². The highest BCUT2D eigenvalue weighted by atomic mass is 35.5. The number of nitrogens with zero attached hydrogens (tertiary/aromatic N) is 2. The molecule has 2 unspecified atom stereocenters. The van der Waals surface area contributed by atoms with Gasteiger partial charge in [0.15, 0.2) is 0 Å². The molecular formula is C16H16ClFN2S. The Kier molecular flexibility index (Phi) is 4.00. The van der Waals surface area contributed by atoms with Crippen molar-refractivity contribution in [3.8, 4) is 0 Å². The Hall–Kier alpha value is -1.39. The van der Waals surface area contributed by atoms with Crippen LogP contribution in [0.1, 0.15) is 42.4 Å². The van der Waals surface area contributed by atoms with Gasteiger partial charge in [0.25, 0.3) is 0 Å². The standard InChI is InChI=1S/C16H16ClFN2S/c1-3-13(15-5-4-8-21-15)20-14-9-11(18)6-7-12(14)19-16(20)10(2)17/h4-10,13H,3H2,1-2H3. The summed E-state index contributed by atoms with van der Waals surface area (Å²) in [6, 6.07) is 8.97. The van der Waals surface area contributed by atoms with Crippen molar-refractivity contribution in [2.24, 2.45) is 0 Å². The maximum absolute atomic E-state index is 13.7. The zero-order chi connectivity index (χ0) is 15.0. The van der Waals surface area contributed by atoms with E-state index in [1.54, 1.807) is 23.5 Å². The third kappa shape index (κ3) is 2.58. The van der Waals surface area contributed by atoms with Crippen LogP contribution in [0.15, 0.2) is 35.7 Å². The van der Waals surface area contributed by atoms with Gasteiger partial charge in [-0.25, -0.2) is 9.37 Å². The van der Waals surface area contributed by atoms with Gasteiger partial charge in [0.05, 0.1) is 22.5 Å². The van der Waals surface area contributed by atoms with Crippen molar-refractivity contribution < 1.29 is 4.39 Å². The van der Waals surface area contributed by atoms with Crippen molar-refractivity contribution in [2.75, 3.05) is 0 Å². The van der Waals surface area contributed by atoms with Crippen LogP contribution in [0.4, 0.5) is 4.39 Å². The number of fused-ring (bicyclic) bond motifs is 1. The smallest absolute Gasteiger partial charge is 0.128 e. The highest BCUT2D eigenvalue weighted by molar-refractivity contribution is 7.10.